The fourth-order valence-electron chi connectivity index (χ4n) is 6.19. The molecule has 2 heterocycles. The van der Waals surface area contributed by atoms with Crippen molar-refractivity contribution >= 4 is 28.7 Å². The highest BCUT2D eigenvalue weighted by molar-refractivity contribution is 6.32. The van der Waals surface area contributed by atoms with Crippen LogP contribution in [-0.2, 0) is 4.74 Å². The second-order valence-corrected chi connectivity index (χ2v) is 12.4. The normalized spacial score (nSPS) is 23.8. The van der Waals surface area contributed by atoms with Crippen LogP contribution in [0.15, 0.2) is 54.1 Å². The van der Waals surface area contributed by atoms with E-state index in [1.165, 1.54) is 5.57 Å². The number of nitrogens with one attached hydrogen (secondary N) is 2. The van der Waals surface area contributed by atoms with Crippen molar-refractivity contribution in [2.45, 2.75) is 59.4 Å². The largest absolute Gasteiger partial charge is 0.468 e. The highest BCUT2D eigenvalue weighted by Gasteiger charge is 2.41. The Balaban J connectivity index is 1.34. The quantitative estimate of drug-likeness (QED) is 0.479. The maximum absolute atomic E-state index is 13.9. The number of ether oxygens (including phenoxy) is 2. The Labute approximate surface area is 236 Å². The van der Waals surface area contributed by atoms with Gasteiger partial charge in [0.05, 0.1) is 23.5 Å². The van der Waals surface area contributed by atoms with Gasteiger partial charge in [-0.3, -0.25) is 14.5 Å². The monoisotopic (exact) mass is 540 g/mol. The van der Waals surface area contributed by atoms with Crippen LogP contribution in [0.5, 0.6) is 5.75 Å². The van der Waals surface area contributed by atoms with Crippen LogP contribution in [0.4, 0.5) is 11.4 Å². The zero-order valence-electron chi connectivity index (χ0n) is 24.0. The molecule has 1 unspecified atom stereocenters. The molecule has 2 aliphatic carbocycles. The molecule has 1 saturated heterocycles. The molecule has 1 fully saturated rings. The number of morpholine rings is 1. The van der Waals surface area contributed by atoms with E-state index in [2.05, 4.69) is 62.0 Å². The average Bonchev–Trinajstić information content (AvgIpc) is 2.91. The number of benzene rings is 2. The van der Waals surface area contributed by atoms with Crippen molar-refractivity contribution in [3.63, 3.8) is 0 Å². The molecule has 7 nitrogen and oxygen atoms in total. The van der Waals surface area contributed by atoms with E-state index in [1.807, 2.05) is 12.1 Å². The molecule has 0 amide bonds. The third kappa shape index (κ3) is 4.82. The lowest BCUT2D eigenvalue weighted by Crippen LogP contribution is -2.72. The van der Waals surface area contributed by atoms with E-state index in [1.54, 1.807) is 24.3 Å². The van der Waals surface area contributed by atoms with Crippen LogP contribution in [0.2, 0.25) is 0 Å². The summed E-state index contributed by atoms with van der Waals surface area (Å²) >= 11 is 0. The number of ketones is 2. The van der Waals surface area contributed by atoms with Gasteiger partial charge in [-0.25, -0.2) is 4.99 Å². The molecule has 0 aromatic heterocycles. The van der Waals surface area contributed by atoms with Crippen molar-refractivity contribution in [1.29, 1.82) is 0 Å². The van der Waals surface area contributed by atoms with Crippen LogP contribution < -0.4 is 15.0 Å². The van der Waals surface area contributed by atoms with E-state index < -0.39 is 0 Å². The lowest BCUT2D eigenvalue weighted by Gasteiger charge is -2.35. The standard InChI is InChI=1S/C33H37N3O4/c1-19-17-36(18-20(2)39-19)14-8-13-34-25-16-27-30(35-24-12-11-21(33(3,4)5)15-26(24)40-27)29-28(25)31(37)22-9-6-7-10-23(22)32(29)38/h6-7,9-12,15-16,19-20,26,34H,8,13-14,17-18H2,1-5H3/p+1/t19-,20-,26?/m0/s1. The highest BCUT2D eigenvalue weighted by Crippen LogP contribution is 2.42. The molecule has 4 aliphatic rings. The maximum atomic E-state index is 13.9. The highest BCUT2D eigenvalue weighted by atomic mass is 16.5. The summed E-state index contributed by atoms with van der Waals surface area (Å²) < 4.78 is 12.4. The van der Waals surface area contributed by atoms with Crippen LogP contribution in [0, 0.1) is 5.41 Å². The van der Waals surface area contributed by atoms with Gasteiger partial charge in [-0.1, -0.05) is 51.1 Å². The van der Waals surface area contributed by atoms with Gasteiger partial charge < -0.3 is 14.8 Å². The second kappa shape index (κ2) is 10.1. The molecular formula is C33H38N3O4+. The van der Waals surface area contributed by atoms with E-state index in [4.69, 9.17) is 9.47 Å². The minimum absolute atomic E-state index is 0.0175. The molecule has 3 atom stereocenters. The summed E-state index contributed by atoms with van der Waals surface area (Å²) in [5, 5.41) is 3.50. The van der Waals surface area contributed by atoms with Crippen molar-refractivity contribution in [3.8, 4) is 5.75 Å². The molecule has 2 N–H and O–H groups in total. The minimum Gasteiger partial charge on any atom is -0.468 e. The van der Waals surface area contributed by atoms with E-state index >= 15 is 0 Å². The first-order valence-corrected chi connectivity index (χ1v) is 14.3. The Morgan fingerprint density at radius 3 is 2.35 bits per heavy atom. The zero-order valence-corrected chi connectivity index (χ0v) is 24.0. The molecule has 2 aliphatic heterocycles. The molecule has 7 heteroatoms. The van der Waals surface area contributed by atoms with Gasteiger partial charge in [0.1, 0.15) is 5.56 Å². The molecule has 0 radical (unpaired) electrons. The summed E-state index contributed by atoms with van der Waals surface area (Å²) in [6, 6.07) is 8.96. The Morgan fingerprint density at radius 2 is 1.68 bits per heavy atom. The van der Waals surface area contributed by atoms with Crippen LogP contribution in [-0.4, -0.2) is 66.7 Å². The van der Waals surface area contributed by atoms with E-state index in [9.17, 15) is 9.59 Å². The molecule has 0 bridgehead atoms. The number of hydrogen-bond donors (Lipinski definition) is 2. The Bertz CT molecular complexity index is 1470. The molecule has 0 saturated carbocycles. The van der Waals surface area contributed by atoms with E-state index in [0.29, 0.717) is 45.9 Å². The summed E-state index contributed by atoms with van der Waals surface area (Å²) in [4.78, 5) is 33.6. The Hall–Kier alpha value is -3.55. The van der Waals surface area contributed by atoms with Gasteiger partial charge in [-0.2, -0.15) is 0 Å². The number of hydrogen-bond acceptors (Lipinski definition) is 6. The third-order valence-corrected chi connectivity index (χ3v) is 8.09. The van der Waals surface area contributed by atoms with Gasteiger partial charge in [0.15, 0.2) is 11.5 Å². The zero-order chi connectivity index (χ0) is 28.2. The molecule has 208 valence electrons. The smallest absolute Gasteiger partial charge is 0.258 e. The first kappa shape index (κ1) is 26.7. The predicted octanol–water partition coefficient (Wildman–Crippen LogP) is 3.83. The van der Waals surface area contributed by atoms with Gasteiger partial charge in [-0.05, 0) is 37.3 Å². The lowest BCUT2D eigenvalue weighted by atomic mass is 9.81. The molecule has 0 spiro atoms. The summed E-state index contributed by atoms with van der Waals surface area (Å²) in [7, 11) is 0. The van der Waals surface area contributed by atoms with Gasteiger partial charge in [0.2, 0.25) is 17.6 Å². The van der Waals surface area contributed by atoms with Crippen LogP contribution in [0.3, 0.4) is 0 Å². The predicted molar refractivity (Wildman–Crippen MR) is 156 cm³/mol. The SMILES string of the molecule is C[C@H]1CN(CCCNc2cc3c(c4c2C(=O)c2ccccc2C4=O)[NH+]=C2C=CC(C(C)(C)C)=CC2O3)C[C@H](C)O1. The topological polar surface area (TPSA) is 81.8 Å². The van der Waals surface area contributed by atoms with Crippen molar-refractivity contribution in [2.24, 2.45) is 5.41 Å². The fraction of sp³-hybridized carbons (Fsp3) is 0.424. The number of carbonyl (C=O) groups excluding carboxylic acids is 2. The molecule has 6 rings (SSSR count). The van der Waals surface area contributed by atoms with Crippen molar-refractivity contribution in [2.75, 3.05) is 31.5 Å². The average molecular weight is 541 g/mol. The maximum Gasteiger partial charge on any atom is 0.258 e. The first-order valence-electron chi connectivity index (χ1n) is 14.3. The van der Waals surface area contributed by atoms with E-state index in [-0.39, 0.29) is 35.3 Å². The number of rotatable bonds is 5. The summed E-state index contributed by atoms with van der Waals surface area (Å²) in [5.74, 6) is 0.266. The minimum atomic E-state index is -0.287. The van der Waals surface area contributed by atoms with Crippen molar-refractivity contribution in [3.05, 3.63) is 76.4 Å². The van der Waals surface area contributed by atoms with Gasteiger partial charge in [0.25, 0.3) is 5.69 Å². The number of anilines is 1. The first-order chi connectivity index (χ1) is 19.1. The molecular weight excluding hydrogens is 502 g/mol. The van der Waals surface area contributed by atoms with Crippen molar-refractivity contribution < 1.29 is 24.1 Å². The second-order valence-electron chi connectivity index (χ2n) is 12.4. The van der Waals surface area contributed by atoms with Gasteiger partial charge >= 0.3 is 0 Å². The fourth-order valence-corrected chi connectivity index (χ4v) is 6.19. The number of nitrogens with zero attached hydrogens (tertiary/aromatic N) is 1. The van der Waals surface area contributed by atoms with Crippen LogP contribution in [0.25, 0.3) is 0 Å². The van der Waals surface area contributed by atoms with Gasteiger partial charge in [0, 0.05) is 49.4 Å². The number of allylic oxidation sites excluding steroid dienone is 2. The summed E-state index contributed by atoms with van der Waals surface area (Å²) in [6.45, 7) is 14.2. The third-order valence-electron chi connectivity index (χ3n) is 8.09. The summed E-state index contributed by atoms with van der Waals surface area (Å²) in [5.41, 5.74) is 4.90. The number of fused-ring (bicyclic) bond motifs is 5. The van der Waals surface area contributed by atoms with Gasteiger partial charge in [-0.15, -0.1) is 0 Å². The Morgan fingerprint density at radius 1 is 1.00 bits per heavy atom. The summed E-state index contributed by atoms with van der Waals surface area (Å²) in [6.07, 6.45) is 7.29. The molecule has 2 aromatic carbocycles. The Kier molecular flexibility index (Phi) is 6.75. The van der Waals surface area contributed by atoms with Crippen molar-refractivity contribution in [1.82, 2.24) is 4.90 Å². The molecule has 40 heavy (non-hydrogen) atoms. The van der Waals surface area contributed by atoms with Crippen LogP contribution >= 0.6 is 0 Å². The lowest BCUT2D eigenvalue weighted by molar-refractivity contribution is -0.362. The van der Waals surface area contributed by atoms with Crippen LogP contribution in [0.1, 0.15) is 72.9 Å². The van der Waals surface area contributed by atoms with E-state index in [0.717, 1.165) is 31.8 Å². The number of carbonyl (C=O) groups is 2. The molecule has 2 aromatic rings.